The van der Waals surface area contributed by atoms with E-state index in [1.54, 1.807) is 48.3 Å². The third kappa shape index (κ3) is 4.57. The van der Waals surface area contributed by atoms with Gasteiger partial charge in [-0.25, -0.2) is 8.42 Å². The molecule has 0 N–H and O–H groups in total. The quantitative estimate of drug-likeness (QED) is 0.584. The van der Waals surface area contributed by atoms with Crippen LogP contribution in [0.15, 0.2) is 57.6 Å². The maximum Gasteiger partial charge on any atom is 0.223 e. The molecule has 2 heterocycles. The Morgan fingerprint density at radius 2 is 1.81 bits per heavy atom. The smallest absolute Gasteiger partial charge is 0.223 e. The summed E-state index contributed by atoms with van der Waals surface area (Å²) in [6, 6.07) is 10.3. The SMILES string of the molecule is CN=C1CC2=C(CC(C3CCN(C(=O)CCS(=O)(=O)c4ccc5cc(Cl)ccc5c4)CC3)C2=O)N1C. The fourth-order valence-corrected chi connectivity index (χ4v) is 7.24. The molecule has 9 heteroatoms. The third-order valence-electron chi connectivity index (χ3n) is 7.96. The Morgan fingerprint density at radius 3 is 2.50 bits per heavy atom. The number of allylic oxidation sites excluding steroid dienone is 1. The zero-order valence-electron chi connectivity index (χ0n) is 20.5. The van der Waals surface area contributed by atoms with Crippen LogP contribution in [0.1, 0.15) is 32.1 Å². The molecule has 2 aromatic rings. The molecule has 1 fully saturated rings. The molecule has 190 valence electrons. The molecule has 7 nitrogen and oxygen atoms in total. The first-order chi connectivity index (χ1) is 17.2. The van der Waals surface area contributed by atoms with Gasteiger partial charge in [-0.1, -0.05) is 23.7 Å². The highest BCUT2D eigenvalue weighted by atomic mass is 35.5. The number of piperidine rings is 1. The number of benzene rings is 2. The summed E-state index contributed by atoms with van der Waals surface area (Å²) in [4.78, 5) is 34.2. The Hall–Kier alpha value is -2.71. The first-order valence-corrected chi connectivity index (χ1v) is 14.4. The summed E-state index contributed by atoms with van der Waals surface area (Å²) < 4.78 is 25.8. The standard InChI is InChI=1S/C27H30ClN3O4S/c1-29-25-16-23-24(30(25)2)15-22(27(23)33)17-7-10-31(11-8-17)26(32)9-12-36(34,35)21-6-4-18-13-20(28)5-3-19(18)14-21/h3-6,13-14,17,22H,7-12,15-16H2,1-2H3. The number of likely N-dealkylation sites (tertiary alicyclic amines) is 2. The number of halogens is 1. The van der Waals surface area contributed by atoms with E-state index in [9.17, 15) is 18.0 Å². The summed E-state index contributed by atoms with van der Waals surface area (Å²) in [5.41, 5.74) is 2.01. The number of hydrogen-bond acceptors (Lipinski definition) is 5. The van der Waals surface area contributed by atoms with E-state index in [0.717, 1.165) is 47.1 Å². The molecule has 0 spiro atoms. The van der Waals surface area contributed by atoms with E-state index in [2.05, 4.69) is 9.89 Å². The van der Waals surface area contributed by atoms with Crippen LogP contribution in [-0.4, -0.2) is 68.7 Å². The van der Waals surface area contributed by atoms with E-state index in [4.69, 9.17) is 11.6 Å². The van der Waals surface area contributed by atoms with Crippen LogP contribution in [0.4, 0.5) is 0 Å². The summed E-state index contributed by atoms with van der Waals surface area (Å²) in [5, 5.41) is 2.25. The molecule has 1 unspecified atom stereocenters. The first kappa shape index (κ1) is 25.0. The van der Waals surface area contributed by atoms with Crippen molar-refractivity contribution in [3.8, 4) is 0 Å². The fourth-order valence-electron chi connectivity index (χ4n) is 5.80. The largest absolute Gasteiger partial charge is 0.343 e. The van der Waals surface area contributed by atoms with Crippen LogP contribution < -0.4 is 0 Å². The maximum absolute atomic E-state index is 13.1. The van der Waals surface area contributed by atoms with Gasteiger partial charge in [0.05, 0.1) is 10.6 Å². The highest BCUT2D eigenvalue weighted by Gasteiger charge is 2.44. The van der Waals surface area contributed by atoms with Crippen molar-refractivity contribution in [2.75, 3.05) is 32.9 Å². The Bertz CT molecular complexity index is 1410. The molecule has 1 atom stereocenters. The summed E-state index contributed by atoms with van der Waals surface area (Å²) >= 11 is 6.01. The van der Waals surface area contributed by atoms with Crippen molar-refractivity contribution in [3.05, 3.63) is 52.7 Å². The second-order valence-electron chi connectivity index (χ2n) is 9.92. The number of carbonyl (C=O) groups excluding carboxylic acids is 2. The predicted molar refractivity (Wildman–Crippen MR) is 141 cm³/mol. The topological polar surface area (TPSA) is 87.1 Å². The Balaban J connectivity index is 1.15. The summed E-state index contributed by atoms with van der Waals surface area (Å²) in [6.45, 7) is 1.12. The Kier molecular flexibility index (Phi) is 6.68. The molecule has 0 radical (unpaired) electrons. The number of aliphatic imine (C=N–C) groups is 1. The van der Waals surface area contributed by atoms with E-state index in [1.807, 2.05) is 7.05 Å². The van der Waals surface area contributed by atoms with E-state index in [-0.39, 0.29) is 40.6 Å². The number of ketones is 1. The minimum absolute atomic E-state index is 0.0173. The lowest BCUT2D eigenvalue weighted by molar-refractivity contribution is -0.132. The third-order valence-corrected chi connectivity index (χ3v) is 9.91. The summed E-state index contributed by atoms with van der Waals surface area (Å²) in [6.07, 6.45) is 2.85. The molecule has 0 bridgehead atoms. The lowest BCUT2D eigenvalue weighted by Gasteiger charge is -2.35. The number of amidine groups is 1. The van der Waals surface area contributed by atoms with Crippen LogP contribution in [-0.2, 0) is 19.4 Å². The van der Waals surface area contributed by atoms with Crippen molar-refractivity contribution >= 4 is 49.7 Å². The molecule has 2 aliphatic heterocycles. The molecular weight excluding hydrogens is 498 g/mol. The number of fused-ring (bicyclic) bond motifs is 1. The van der Waals surface area contributed by atoms with Gasteiger partial charge in [0.1, 0.15) is 5.84 Å². The van der Waals surface area contributed by atoms with Crippen molar-refractivity contribution in [1.82, 2.24) is 9.80 Å². The monoisotopic (exact) mass is 527 g/mol. The minimum Gasteiger partial charge on any atom is -0.343 e. The average Bonchev–Trinajstić information content (AvgIpc) is 3.37. The molecule has 1 aliphatic carbocycles. The number of hydrogen-bond donors (Lipinski definition) is 0. The molecule has 0 saturated carbocycles. The lowest BCUT2D eigenvalue weighted by Crippen LogP contribution is -2.41. The predicted octanol–water partition coefficient (Wildman–Crippen LogP) is 4.10. The van der Waals surface area contributed by atoms with Crippen molar-refractivity contribution in [1.29, 1.82) is 0 Å². The van der Waals surface area contributed by atoms with Crippen molar-refractivity contribution in [2.45, 2.75) is 37.0 Å². The number of carbonyl (C=O) groups is 2. The van der Waals surface area contributed by atoms with Crippen LogP contribution in [0.5, 0.6) is 0 Å². The van der Waals surface area contributed by atoms with Gasteiger partial charge in [0.25, 0.3) is 0 Å². The van der Waals surface area contributed by atoms with Gasteiger partial charge in [-0.2, -0.15) is 0 Å². The highest BCUT2D eigenvalue weighted by Crippen LogP contribution is 2.43. The van der Waals surface area contributed by atoms with Crippen molar-refractivity contribution in [3.63, 3.8) is 0 Å². The van der Waals surface area contributed by atoms with Gasteiger partial charge in [-0.05, 0) is 60.2 Å². The second kappa shape index (κ2) is 9.63. The summed E-state index contributed by atoms with van der Waals surface area (Å²) in [7, 11) is 0.139. The van der Waals surface area contributed by atoms with E-state index in [1.165, 1.54) is 0 Å². The number of amides is 1. The minimum atomic E-state index is -3.59. The molecular formula is C27H30ClN3O4S. The normalized spacial score (nSPS) is 22.2. The van der Waals surface area contributed by atoms with Crippen LogP contribution in [0.2, 0.25) is 5.02 Å². The molecule has 3 aliphatic rings. The second-order valence-corrected chi connectivity index (χ2v) is 12.5. The van der Waals surface area contributed by atoms with Crippen LogP contribution in [0, 0.1) is 11.8 Å². The zero-order valence-corrected chi connectivity index (χ0v) is 22.1. The van der Waals surface area contributed by atoms with Gasteiger partial charge in [-0.15, -0.1) is 0 Å². The zero-order chi connectivity index (χ0) is 25.6. The first-order valence-electron chi connectivity index (χ1n) is 12.3. The molecule has 1 amide bonds. The van der Waals surface area contributed by atoms with Gasteiger partial charge >= 0.3 is 0 Å². The number of rotatable bonds is 5. The van der Waals surface area contributed by atoms with Crippen molar-refractivity contribution < 1.29 is 18.0 Å². The summed E-state index contributed by atoms with van der Waals surface area (Å²) in [5.74, 6) is 1.04. The number of sulfone groups is 1. The Labute approximate surface area is 216 Å². The van der Waals surface area contributed by atoms with Crippen LogP contribution >= 0.6 is 11.6 Å². The van der Waals surface area contributed by atoms with Crippen LogP contribution in [0.3, 0.4) is 0 Å². The Morgan fingerprint density at radius 1 is 1.11 bits per heavy atom. The van der Waals surface area contributed by atoms with Gasteiger partial charge in [-0.3, -0.25) is 14.6 Å². The molecule has 1 saturated heterocycles. The molecule has 5 rings (SSSR count). The molecule has 2 aromatic carbocycles. The fraction of sp³-hybridized carbons (Fsp3) is 0.444. The van der Waals surface area contributed by atoms with Gasteiger partial charge in [0, 0.05) is 62.2 Å². The van der Waals surface area contributed by atoms with Gasteiger partial charge in [0.15, 0.2) is 15.6 Å². The lowest BCUT2D eigenvalue weighted by atomic mass is 9.81. The van der Waals surface area contributed by atoms with E-state index in [0.29, 0.717) is 24.5 Å². The number of Topliss-reactive ketones (excluding diaryl/α,β-unsaturated/α-hetero) is 1. The van der Waals surface area contributed by atoms with E-state index < -0.39 is 9.84 Å². The molecule has 0 aromatic heterocycles. The van der Waals surface area contributed by atoms with Crippen LogP contribution in [0.25, 0.3) is 10.8 Å². The maximum atomic E-state index is 13.1. The average molecular weight is 528 g/mol. The van der Waals surface area contributed by atoms with Gasteiger partial charge < -0.3 is 9.80 Å². The van der Waals surface area contributed by atoms with Gasteiger partial charge in [0.2, 0.25) is 5.91 Å². The highest BCUT2D eigenvalue weighted by molar-refractivity contribution is 7.91. The van der Waals surface area contributed by atoms with Crippen molar-refractivity contribution in [2.24, 2.45) is 16.8 Å². The molecule has 36 heavy (non-hydrogen) atoms. The van der Waals surface area contributed by atoms with E-state index >= 15 is 0 Å². The number of nitrogens with zero attached hydrogens (tertiary/aromatic N) is 3.